The van der Waals surface area contributed by atoms with Crippen molar-refractivity contribution in [1.82, 2.24) is 4.90 Å². The van der Waals surface area contributed by atoms with E-state index in [4.69, 9.17) is 16.7 Å². The highest BCUT2D eigenvalue weighted by atomic mass is 35.5. The zero-order valence-electron chi connectivity index (χ0n) is 14.2. The number of nitrogens with one attached hydrogen (secondary N) is 2. The summed E-state index contributed by atoms with van der Waals surface area (Å²) in [6.45, 7) is 5.02. The third-order valence-corrected chi connectivity index (χ3v) is 3.82. The first-order valence-corrected chi connectivity index (χ1v) is 8.07. The van der Waals surface area contributed by atoms with Gasteiger partial charge in [0.25, 0.3) is 11.8 Å². The Morgan fingerprint density at radius 2 is 1.96 bits per heavy atom. The Morgan fingerprint density at radius 3 is 2.52 bits per heavy atom. The number of aliphatic hydroxyl groups is 1. The first kappa shape index (κ1) is 19.0. The van der Waals surface area contributed by atoms with Crippen LogP contribution in [0.2, 0.25) is 5.02 Å². The molecule has 0 radical (unpaired) electrons. The summed E-state index contributed by atoms with van der Waals surface area (Å²) in [7, 11) is 0. The van der Waals surface area contributed by atoms with Gasteiger partial charge in [0, 0.05) is 17.2 Å². The maximum Gasteiger partial charge on any atom is 0.277 e. The van der Waals surface area contributed by atoms with E-state index in [1.807, 2.05) is 0 Å². The molecule has 1 aromatic rings. The molecular formula is C17H20ClN3O4. The van der Waals surface area contributed by atoms with Crippen molar-refractivity contribution in [3.05, 3.63) is 35.0 Å². The fourth-order valence-corrected chi connectivity index (χ4v) is 2.30. The molecule has 0 saturated carbocycles. The molecule has 2 rings (SSSR count). The number of aliphatic hydroxyl groups excluding tert-OH is 1. The minimum Gasteiger partial charge on any atom is -0.395 e. The van der Waals surface area contributed by atoms with Crippen molar-refractivity contribution in [2.45, 2.75) is 20.8 Å². The Morgan fingerprint density at radius 1 is 1.28 bits per heavy atom. The zero-order chi connectivity index (χ0) is 18.8. The number of hydrogen-bond donors (Lipinski definition) is 3. The van der Waals surface area contributed by atoms with Gasteiger partial charge in [-0.2, -0.15) is 0 Å². The van der Waals surface area contributed by atoms with E-state index in [0.29, 0.717) is 16.4 Å². The monoisotopic (exact) mass is 365 g/mol. The highest BCUT2D eigenvalue weighted by molar-refractivity contribution is 6.34. The van der Waals surface area contributed by atoms with Crippen LogP contribution in [0, 0.1) is 5.41 Å². The number of imide groups is 1. The van der Waals surface area contributed by atoms with Gasteiger partial charge < -0.3 is 15.7 Å². The smallest absolute Gasteiger partial charge is 0.277 e. The zero-order valence-corrected chi connectivity index (χ0v) is 15.0. The van der Waals surface area contributed by atoms with Crippen molar-refractivity contribution in [2.75, 3.05) is 23.8 Å². The Bertz CT molecular complexity index is 753. The van der Waals surface area contributed by atoms with Crippen LogP contribution in [0.1, 0.15) is 20.8 Å². The van der Waals surface area contributed by atoms with Crippen LogP contribution < -0.4 is 10.6 Å². The van der Waals surface area contributed by atoms with Crippen molar-refractivity contribution < 1.29 is 19.5 Å². The number of β-amino-alcohol motifs (C(OH)–C–C–N with tert-alkyl or cyclic N) is 1. The molecule has 0 spiro atoms. The molecule has 3 amide bonds. The van der Waals surface area contributed by atoms with Gasteiger partial charge in [-0.15, -0.1) is 0 Å². The van der Waals surface area contributed by atoms with Crippen LogP contribution >= 0.6 is 11.6 Å². The summed E-state index contributed by atoms with van der Waals surface area (Å²) in [4.78, 5) is 36.8. The number of carbonyl (C=O) groups is 3. The Balaban J connectivity index is 2.11. The average molecular weight is 366 g/mol. The molecule has 0 aliphatic carbocycles. The standard InChI is InChI=1S/C17H20ClN3O4/c1-17(2,3)16(25)20-12-5-4-10(8-11(12)18)19-13-9-14(23)21(6-7-22)15(13)24/h4-5,8-9,19,22H,6-7H2,1-3H3,(H,20,25). The Kier molecular flexibility index (Phi) is 5.49. The lowest BCUT2D eigenvalue weighted by molar-refractivity contribution is -0.137. The number of nitrogens with zero attached hydrogens (tertiary/aromatic N) is 1. The molecular weight excluding hydrogens is 346 g/mol. The predicted molar refractivity (Wildman–Crippen MR) is 95.0 cm³/mol. The van der Waals surface area contributed by atoms with Crippen molar-refractivity contribution in [1.29, 1.82) is 0 Å². The van der Waals surface area contributed by atoms with E-state index in [-0.39, 0.29) is 24.8 Å². The molecule has 3 N–H and O–H groups in total. The van der Waals surface area contributed by atoms with Crippen LogP contribution in [0.25, 0.3) is 0 Å². The largest absolute Gasteiger partial charge is 0.395 e. The molecule has 0 unspecified atom stereocenters. The molecule has 7 nitrogen and oxygen atoms in total. The maximum atomic E-state index is 12.1. The van der Waals surface area contributed by atoms with E-state index in [0.717, 1.165) is 4.90 Å². The van der Waals surface area contributed by atoms with E-state index in [1.165, 1.54) is 6.08 Å². The predicted octanol–water partition coefficient (Wildman–Crippen LogP) is 1.98. The van der Waals surface area contributed by atoms with Crippen molar-refractivity contribution in [2.24, 2.45) is 5.41 Å². The van der Waals surface area contributed by atoms with Crippen LogP contribution in [0.5, 0.6) is 0 Å². The van der Waals surface area contributed by atoms with Crippen LogP contribution in [-0.4, -0.2) is 40.9 Å². The number of benzene rings is 1. The maximum absolute atomic E-state index is 12.1. The van der Waals surface area contributed by atoms with Gasteiger partial charge in [0.1, 0.15) is 5.70 Å². The quantitative estimate of drug-likeness (QED) is 0.693. The third kappa shape index (κ3) is 4.37. The molecule has 0 atom stereocenters. The highest BCUT2D eigenvalue weighted by Crippen LogP contribution is 2.28. The van der Waals surface area contributed by atoms with Crippen LogP contribution in [0.15, 0.2) is 30.0 Å². The van der Waals surface area contributed by atoms with Crippen LogP contribution in [-0.2, 0) is 14.4 Å². The van der Waals surface area contributed by atoms with Gasteiger partial charge in [-0.3, -0.25) is 19.3 Å². The summed E-state index contributed by atoms with van der Waals surface area (Å²) in [5.41, 5.74) is 0.493. The molecule has 1 aliphatic heterocycles. The topological polar surface area (TPSA) is 98.7 Å². The number of hydrogen-bond acceptors (Lipinski definition) is 5. The second kappa shape index (κ2) is 7.25. The molecule has 1 aliphatic rings. The highest BCUT2D eigenvalue weighted by Gasteiger charge is 2.30. The SMILES string of the molecule is CC(C)(C)C(=O)Nc1ccc(NC2=CC(=O)N(CCO)C2=O)cc1Cl. The lowest BCUT2D eigenvalue weighted by Crippen LogP contribution is -2.34. The molecule has 134 valence electrons. The number of halogens is 1. The fourth-order valence-electron chi connectivity index (χ4n) is 2.07. The molecule has 0 saturated heterocycles. The molecule has 25 heavy (non-hydrogen) atoms. The number of carbonyl (C=O) groups excluding carboxylic acids is 3. The summed E-state index contributed by atoms with van der Waals surface area (Å²) in [5, 5.41) is 14.8. The van der Waals surface area contributed by atoms with Gasteiger partial charge in [0.2, 0.25) is 5.91 Å². The summed E-state index contributed by atoms with van der Waals surface area (Å²) in [5.74, 6) is -1.17. The minimum absolute atomic E-state index is 0.0577. The van der Waals surface area contributed by atoms with E-state index >= 15 is 0 Å². The average Bonchev–Trinajstić information content (AvgIpc) is 2.77. The molecule has 1 heterocycles. The van der Waals surface area contributed by atoms with Gasteiger partial charge in [-0.1, -0.05) is 32.4 Å². The lowest BCUT2D eigenvalue weighted by atomic mass is 9.95. The summed E-state index contributed by atoms with van der Waals surface area (Å²) in [6, 6.07) is 4.80. The second-order valence-corrected chi connectivity index (χ2v) is 7.01. The second-order valence-electron chi connectivity index (χ2n) is 6.60. The van der Waals surface area contributed by atoms with E-state index in [1.54, 1.807) is 39.0 Å². The number of amides is 3. The summed E-state index contributed by atoms with van der Waals surface area (Å²) in [6.07, 6.45) is 1.17. The van der Waals surface area contributed by atoms with Gasteiger partial charge >= 0.3 is 0 Å². The number of rotatable bonds is 5. The molecule has 0 aromatic heterocycles. The van der Waals surface area contributed by atoms with Crippen LogP contribution in [0.4, 0.5) is 11.4 Å². The summed E-state index contributed by atoms with van der Waals surface area (Å²) >= 11 is 6.18. The lowest BCUT2D eigenvalue weighted by Gasteiger charge is -2.18. The first-order valence-electron chi connectivity index (χ1n) is 7.70. The Labute approximate surface area is 150 Å². The molecule has 0 fully saturated rings. The minimum atomic E-state index is -0.558. The summed E-state index contributed by atoms with van der Waals surface area (Å²) < 4.78 is 0. The van der Waals surface area contributed by atoms with Gasteiger partial charge in [0.15, 0.2) is 0 Å². The van der Waals surface area contributed by atoms with E-state index in [9.17, 15) is 14.4 Å². The number of anilines is 2. The van der Waals surface area contributed by atoms with Crippen molar-refractivity contribution >= 4 is 40.7 Å². The van der Waals surface area contributed by atoms with Crippen molar-refractivity contribution in [3.8, 4) is 0 Å². The molecule has 1 aromatic carbocycles. The van der Waals surface area contributed by atoms with Gasteiger partial charge in [0.05, 0.1) is 23.9 Å². The van der Waals surface area contributed by atoms with Crippen LogP contribution in [0.3, 0.4) is 0 Å². The first-order chi connectivity index (χ1) is 11.6. The molecule has 8 heteroatoms. The molecule has 0 bridgehead atoms. The van der Waals surface area contributed by atoms with E-state index < -0.39 is 17.2 Å². The van der Waals surface area contributed by atoms with Gasteiger partial charge in [-0.05, 0) is 18.2 Å². The van der Waals surface area contributed by atoms with E-state index in [2.05, 4.69) is 10.6 Å². The Hall–Kier alpha value is -2.38. The fraction of sp³-hybridized carbons (Fsp3) is 0.353. The third-order valence-electron chi connectivity index (χ3n) is 3.51. The van der Waals surface area contributed by atoms with Gasteiger partial charge in [-0.25, -0.2) is 0 Å². The van der Waals surface area contributed by atoms with Crippen molar-refractivity contribution in [3.63, 3.8) is 0 Å². The normalized spacial score (nSPS) is 14.6.